The van der Waals surface area contributed by atoms with Gasteiger partial charge in [0.1, 0.15) is 0 Å². The molecule has 0 aliphatic carbocycles. The number of rotatable bonds is 5. The number of esters is 2. The zero-order chi connectivity index (χ0) is 19.4. The van der Waals surface area contributed by atoms with E-state index in [0.29, 0.717) is 17.0 Å². The quantitative estimate of drug-likeness (QED) is 0.768. The van der Waals surface area contributed by atoms with Crippen molar-refractivity contribution in [1.29, 1.82) is 0 Å². The van der Waals surface area contributed by atoms with Gasteiger partial charge in [-0.15, -0.1) is 0 Å². The molecule has 9 heteroatoms. The standard InChI is InChI=1S/C17H21N3O6/c1-8-11(15(21)24-4)13(12(9(2)19-8)16(22)25-5)10-7-18-17(26-6)20-14(10)23-3/h7,13,19H,1-6H3. The maximum atomic E-state index is 12.4. The Kier molecular flexibility index (Phi) is 5.81. The molecule has 0 spiro atoms. The summed E-state index contributed by atoms with van der Waals surface area (Å²) in [7, 11) is 5.39. The van der Waals surface area contributed by atoms with Crippen LogP contribution in [0.15, 0.2) is 28.7 Å². The van der Waals surface area contributed by atoms with Crippen LogP contribution in [0.1, 0.15) is 25.3 Å². The lowest BCUT2D eigenvalue weighted by Crippen LogP contribution is -2.32. The van der Waals surface area contributed by atoms with Crippen molar-refractivity contribution in [2.24, 2.45) is 0 Å². The van der Waals surface area contributed by atoms with E-state index in [-0.39, 0.29) is 23.0 Å². The first-order valence-electron chi connectivity index (χ1n) is 7.69. The molecule has 0 unspecified atom stereocenters. The number of ether oxygens (including phenoxy) is 4. The average molecular weight is 363 g/mol. The van der Waals surface area contributed by atoms with E-state index < -0.39 is 17.9 Å². The Morgan fingerprint density at radius 2 is 1.50 bits per heavy atom. The van der Waals surface area contributed by atoms with Crippen LogP contribution in [0.4, 0.5) is 0 Å². The van der Waals surface area contributed by atoms with E-state index in [0.717, 1.165) is 0 Å². The fraction of sp³-hybridized carbons (Fsp3) is 0.412. The number of hydrogen-bond acceptors (Lipinski definition) is 9. The van der Waals surface area contributed by atoms with E-state index in [2.05, 4.69) is 15.3 Å². The smallest absolute Gasteiger partial charge is 0.336 e. The largest absolute Gasteiger partial charge is 0.481 e. The Hall–Kier alpha value is -3.10. The van der Waals surface area contributed by atoms with Crippen molar-refractivity contribution in [3.63, 3.8) is 0 Å². The second-order valence-corrected chi connectivity index (χ2v) is 5.44. The van der Waals surface area contributed by atoms with Gasteiger partial charge in [0.25, 0.3) is 0 Å². The minimum atomic E-state index is -0.822. The van der Waals surface area contributed by atoms with E-state index in [1.807, 2.05) is 0 Å². The Bertz CT molecular complexity index is 762. The lowest BCUT2D eigenvalue weighted by molar-refractivity contribution is -0.137. The summed E-state index contributed by atoms with van der Waals surface area (Å²) in [6.45, 7) is 3.43. The maximum Gasteiger partial charge on any atom is 0.336 e. The van der Waals surface area contributed by atoms with Crippen LogP contribution in [0.2, 0.25) is 0 Å². The van der Waals surface area contributed by atoms with Gasteiger partial charge < -0.3 is 24.3 Å². The molecule has 1 aliphatic heterocycles. The molecule has 0 radical (unpaired) electrons. The summed E-state index contributed by atoms with van der Waals surface area (Å²) in [6.07, 6.45) is 1.45. The molecule has 1 aromatic rings. The normalized spacial score (nSPS) is 14.7. The fourth-order valence-corrected chi connectivity index (χ4v) is 2.89. The molecule has 1 aliphatic rings. The van der Waals surface area contributed by atoms with Gasteiger partial charge in [0, 0.05) is 23.2 Å². The number of nitrogens with zero attached hydrogens (tertiary/aromatic N) is 2. The predicted octanol–water partition coefficient (Wildman–Crippen LogP) is 1.07. The van der Waals surface area contributed by atoms with Gasteiger partial charge in [-0.25, -0.2) is 14.6 Å². The summed E-state index contributed by atoms with van der Waals surface area (Å²) in [4.78, 5) is 33.1. The third kappa shape index (κ3) is 3.32. The molecule has 0 fully saturated rings. The van der Waals surface area contributed by atoms with Gasteiger partial charge in [-0.2, -0.15) is 4.98 Å². The topological polar surface area (TPSA) is 109 Å². The highest BCUT2D eigenvalue weighted by Gasteiger charge is 2.39. The highest BCUT2D eigenvalue weighted by Crippen LogP contribution is 2.42. The summed E-state index contributed by atoms with van der Waals surface area (Å²) >= 11 is 0. The van der Waals surface area contributed by atoms with Crippen LogP contribution >= 0.6 is 0 Å². The maximum absolute atomic E-state index is 12.4. The second kappa shape index (κ2) is 7.85. The molecule has 0 atom stereocenters. The van der Waals surface area contributed by atoms with Gasteiger partial charge in [-0.1, -0.05) is 0 Å². The minimum absolute atomic E-state index is 0.0974. The molecule has 0 bridgehead atoms. The SMILES string of the molecule is COC(=O)C1=C(C)NC(C)=C(C(=O)OC)C1c1cnc(OC)nc1OC. The van der Waals surface area contributed by atoms with Crippen molar-refractivity contribution in [2.45, 2.75) is 19.8 Å². The van der Waals surface area contributed by atoms with Gasteiger partial charge in [0.15, 0.2) is 0 Å². The van der Waals surface area contributed by atoms with E-state index in [1.54, 1.807) is 13.8 Å². The van der Waals surface area contributed by atoms with Crippen LogP contribution in [0.5, 0.6) is 11.9 Å². The zero-order valence-corrected chi connectivity index (χ0v) is 15.5. The highest BCUT2D eigenvalue weighted by molar-refractivity contribution is 6.00. The van der Waals surface area contributed by atoms with Crippen molar-refractivity contribution < 1.29 is 28.5 Å². The molecular formula is C17H21N3O6. The Morgan fingerprint density at radius 1 is 0.962 bits per heavy atom. The Morgan fingerprint density at radius 3 is 1.92 bits per heavy atom. The summed E-state index contributed by atoms with van der Waals surface area (Å²) in [5.74, 6) is -1.83. The van der Waals surface area contributed by atoms with Crippen molar-refractivity contribution >= 4 is 11.9 Å². The number of aromatic nitrogens is 2. The molecule has 26 heavy (non-hydrogen) atoms. The monoisotopic (exact) mass is 363 g/mol. The first-order valence-corrected chi connectivity index (χ1v) is 7.69. The van der Waals surface area contributed by atoms with Crippen LogP contribution in [-0.2, 0) is 19.1 Å². The molecule has 1 N–H and O–H groups in total. The number of nitrogens with one attached hydrogen (secondary N) is 1. The molecule has 0 aromatic carbocycles. The molecule has 1 aromatic heterocycles. The number of hydrogen-bond donors (Lipinski definition) is 1. The summed E-state index contributed by atoms with van der Waals surface area (Å²) < 4.78 is 20.2. The summed E-state index contributed by atoms with van der Waals surface area (Å²) in [5, 5.41) is 3.02. The number of carbonyl (C=O) groups is 2. The Balaban J connectivity index is 2.76. The molecule has 9 nitrogen and oxygen atoms in total. The lowest BCUT2D eigenvalue weighted by Gasteiger charge is -2.30. The fourth-order valence-electron chi connectivity index (χ4n) is 2.89. The third-order valence-electron chi connectivity index (χ3n) is 4.02. The predicted molar refractivity (Wildman–Crippen MR) is 90.4 cm³/mol. The second-order valence-electron chi connectivity index (χ2n) is 5.44. The molecule has 2 rings (SSSR count). The molecule has 0 saturated carbocycles. The first-order chi connectivity index (χ1) is 12.4. The third-order valence-corrected chi connectivity index (χ3v) is 4.02. The van der Waals surface area contributed by atoms with Gasteiger partial charge in [0.2, 0.25) is 5.88 Å². The van der Waals surface area contributed by atoms with Crippen molar-refractivity contribution in [3.05, 3.63) is 34.3 Å². The van der Waals surface area contributed by atoms with Crippen LogP contribution in [0, 0.1) is 0 Å². The van der Waals surface area contributed by atoms with Gasteiger partial charge >= 0.3 is 17.9 Å². The summed E-state index contributed by atoms with van der Waals surface area (Å²) in [6, 6.07) is 0.0974. The van der Waals surface area contributed by atoms with Crippen molar-refractivity contribution in [3.8, 4) is 11.9 Å². The summed E-state index contributed by atoms with van der Waals surface area (Å²) in [5.41, 5.74) is 1.99. The number of allylic oxidation sites excluding steroid dienone is 2. The first kappa shape index (κ1) is 19.2. The van der Waals surface area contributed by atoms with Crippen LogP contribution in [0.25, 0.3) is 0 Å². The van der Waals surface area contributed by atoms with Crippen LogP contribution in [-0.4, -0.2) is 50.3 Å². The van der Waals surface area contributed by atoms with E-state index >= 15 is 0 Å². The van der Waals surface area contributed by atoms with E-state index in [4.69, 9.17) is 18.9 Å². The number of carbonyl (C=O) groups excluding carboxylic acids is 2. The molecule has 0 saturated heterocycles. The molecular weight excluding hydrogens is 342 g/mol. The average Bonchev–Trinajstić information content (AvgIpc) is 2.65. The van der Waals surface area contributed by atoms with E-state index in [9.17, 15) is 9.59 Å². The van der Waals surface area contributed by atoms with Gasteiger partial charge in [0.05, 0.1) is 45.5 Å². The molecule has 2 heterocycles. The van der Waals surface area contributed by atoms with Crippen LogP contribution < -0.4 is 14.8 Å². The molecule has 0 amide bonds. The Labute approximate surface area is 151 Å². The zero-order valence-electron chi connectivity index (χ0n) is 15.5. The van der Waals surface area contributed by atoms with Gasteiger partial charge in [-0.3, -0.25) is 0 Å². The van der Waals surface area contributed by atoms with Crippen molar-refractivity contribution in [1.82, 2.24) is 15.3 Å². The highest BCUT2D eigenvalue weighted by atomic mass is 16.5. The molecule has 140 valence electrons. The van der Waals surface area contributed by atoms with Crippen molar-refractivity contribution in [2.75, 3.05) is 28.4 Å². The number of dihydropyridines is 1. The minimum Gasteiger partial charge on any atom is -0.481 e. The lowest BCUT2D eigenvalue weighted by atomic mass is 9.81. The van der Waals surface area contributed by atoms with Gasteiger partial charge in [-0.05, 0) is 13.8 Å². The van der Waals surface area contributed by atoms with Crippen LogP contribution in [0.3, 0.4) is 0 Å². The van der Waals surface area contributed by atoms with E-state index in [1.165, 1.54) is 34.6 Å². The number of methoxy groups -OCH3 is 4.